The molecule has 1 aliphatic rings. The van der Waals surface area contributed by atoms with Crippen molar-refractivity contribution in [2.24, 2.45) is 5.73 Å². The highest BCUT2D eigenvalue weighted by Crippen LogP contribution is 2.36. The lowest BCUT2D eigenvalue weighted by Gasteiger charge is -2.39. The summed E-state index contributed by atoms with van der Waals surface area (Å²) in [5, 5.41) is 28.2. The van der Waals surface area contributed by atoms with E-state index in [4.69, 9.17) is 20.3 Å². The summed E-state index contributed by atoms with van der Waals surface area (Å²) in [5.74, 6) is 0. The van der Waals surface area contributed by atoms with Gasteiger partial charge in [0.05, 0.1) is 18.3 Å². The van der Waals surface area contributed by atoms with E-state index >= 15 is 0 Å². The van der Waals surface area contributed by atoms with E-state index in [1.54, 1.807) is 0 Å². The fourth-order valence-electron chi connectivity index (χ4n) is 1.50. The molecule has 0 aromatic carbocycles. The molecule has 0 aromatic rings. The normalized spacial score (nSPS) is 41.0. The standard InChI is InChI=1S/C7H16NO7P/c8-4-6(10)5(9)3(15-7(4)11)1-2-16(12,13)14/h3-7,9-11H,1-2,8H2,(H2,12,13,14)/t3-,4+,5-,6-,7?/m1/s1. The first kappa shape index (κ1) is 14.0. The van der Waals surface area contributed by atoms with Crippen LogP contribution < -0.4 is 5.73 Å². The quantitative estimate of drug-likeness (QED) is 0.299. The average Bonchev–Trinajstić information content (AvgIpc) is 2.17. The molecule has 1 saturated heterocycles. The second-order valence-corrected chi connectivity index (χ2v) is 5.58. The monoisotopic (exact) mass is 257 g/mol. The third kappa shape index (κ3) is 3.47. The highest BCUT2D eigenvalue weighted by Gasteiger charge is 2.42. The topological polar surface area (TPSA) is 153 Å². The average molecular weight is 257 g/mol. The first-order valence-corrected chi connectivity index (χ1v) is 6.52. The molecular formula is C7H16NO7P. The van der Waals surface area contributed by atoms with Crippen LogP contribution in [0.15, 0.2) is 0 Å². The Morgan fingerprint density at radius 2 is 1.75 bits per heavy atom. The van der Waals surface area contributed by atoms with Gasteiger partial charge in [-0.3, -0.25) is 4.57 Å². The minimum Gasteiger partial charge on any atom is -0.388 e. The van der Waals surface area contributed by atoms with Gasteiger partial charge in [0.15, 0.2) is 6.29 Å². The molecular weight excluding hydrogens is 241 g/mol. The molecule has 1 aliphatic heterocycles. The Balaban J connectivity index is 2.57. The van der Waals surface area contributed by atoms with E-state index in [2.05, 4.69) is 0 Å². The molecule has 0 spiro atoms. The van der Waals surface area contributed by atoms with Gasteiger partial charge < -0.3 is 35.6 Å². The highest BCUT2D eigenvalue weighted by molar-refractivity contribution is 7.51. The molecule has 5 atom stereocenters. The Hall–Kier alpha value is -0.0500. The van der Waals surface area contributed by atoms with Crippen molar-refractivity contribution in [3.05, 3.63) is 0 Å². The number of hydrogen-bond donors (Lipinski definition) is 6. The predicted octanol–water partition coefficient (Wildman–Crippen LogP) is -2.68. The van der Waals surface area contributed by atoms with Crippen LogP contribution >= 0.6 is 7.60 Å². The molecule has 1 rings (SSSR count). The van der Waals surface area contributed by atoms with E-state index in [9.17, 15) is 19.9 Å². The molecule has 1 heterocycles. The molecule has 0 aliphatic carbocycles. The van der Waals surface area contributed by atoms with E-state index in [0.29, 0.717) is 0 Å². The van der Waals surface area contributed by atoms with Crippen molar-refractivity contribution < 1.29 is 34.4 Å². The lowest BCUT2D eigenvalue weighted by Crippen LogP contribution is -2.61. The lowest BCUT2D eigenvalue weighted by molar-refractivity contribution is -0.242. The third-order valence-corrected chi connectivity index (χ3v) is 3.31. The van der Waals surface area contributed by atoms with Crippen LogP contribution in [0.1, 0.15) is 6.42 Å². The number of ether oxygens (including phenoxy) is 1. The summed E-state index contributed by atoms with van der Waals surface area (Å²) in [6.07, 6.45) is -5.93. The molecule has 0 radical (unpaired) electrons. The molecule has 0 bridgehead atoms. The smallest absolute Gasteiger partial charge is 0.325 e. The number of aliphatic hydroxyl groups excluding tert-OH is 3. The van der Waals surface area contributed by atoms with Crippen LogP contribution in [0, 0.1) is 0 Å². The van der Waals surface area contributed by atoms with Crippen molar-refractivity contribution >= 4 is 7.60 Å². The summed E-state index contributed by atoms with van der Waals surface area (Å²) in [6, 6.07) is -1.14. The van der Waals surface area contributed by atoms with Crippen molar-refractivity contribution in [1.82, 2.24) is 0 Å². The van der Waals surface area contributed by atoms with Gasteiger partial charge in [0, 0.05) is 0 Å². The fourth-order valence-corrected chi connectivity index (χ4v) is 2.09. The zero-order valence-electron chi connectivity index (χ0n) is 8.38. The molecule has 1 unspecified atom stereocenters. The molecule has 96 valence electrons. The van der Waals surface area contributed by atoms with E-state index in [-0.39, 0.29) is 6.42 Å². The molecule has 9 heteroatoms. The first-order valence-electron chi connectivity index (χ1n) is 4.72. The van der Waals surface area contributed by atoms with Crippen LogP contribution in [0.25, 0.3) is 0 Å². The molecule has 16 heavy (non-hydrogen) atoms. The molecule has 0 amide bonds. The van der Waals surface area contributed by atoms with Crippen molar-refractivity contribution in [2.45, 2.75) is 37.1 Å². The zero-order chi connectivity index (χ0) is 12.5. The maximum atomic E-state index is 10.6. The van der Waals surface area contributed by atoms with Crippen LogP contribution in [0.2, 0.25) is 0 Å². The second-order valence-electron chi connectivity index (χ2n) is 3.80. The molecule has 1 fully saturated rings. The maximum Gasteiger partial charge on any atom is 0.325 e. The first-order chi connectivity index (χ1) is 7.22. The summed E-state index contributed by atoms with van der Waals surface area (Å²) in [5.41, 5.74) is 5.32. The summed E-state index contributed by atoms with van der Waals surface area (Å²) in [6.45, 7) is 0. The summed E-state index contributed by atoms with van der Waals surface area (Å²) < 4.78 is 15.5. The van der Waals surface area contributed by atoms with Gasteiger partial charge in [-0.25, -0.2) is 0 Å². The minimum atomic E-state index is -4.20. The maximum absolute atomic E-state index is 10.6. The number of rotatable bonds is 3. The Labute approximate surface area is 91.8 Å². The Morgan fingerprint density at radius 3 is 2.25 bits per heavy atom. The van der Waals surface area contributed by atoms with Crippen molar-refractivity contribution in [2.75, 3.05) is 6.16 Å². The molecule has 8 nitrogen and oxygen atoms in total. The third-order valence-electron chi connectivity index (χ3n) is 2.47. The molecule has 7 N–H and O–H groups in total. The highest BCUT2D eigenvalue weighted by atomic mass is 31.2. The zero-order valence-corrected chi connectivity index (χ0v) is 9.27. The summed E-state index contributed by atoms with van der Waals surface area (Å²) in [7, 11) is -4.20. The minimum absolute atomic E-state index is 0.174. The van der Waals surface area contributed by atoms with Gasteiger partial charge in [-0.15, -0.1) is 0 Å². The van der Waals surface area contributed by atoms with E-state index < -0.39 is 44.4 Å². The van der Waals surface area contributed by atoms with Gasteiger partial charge >= 0.3 is 7.60 Å². The number of aliphatic hydroxyl groups is 3. The van der Waals surface area contributed by atoms with Gasteiger partial charge in [-0.2, -0.15) is 0 Å². The van der Waals surface area contributed by atoms with Crippen LogP contribution in [0.4, 0.5) is 0 Å². The summed E-state index contributed by atoms with van der Waals surface area (Å²) >= 11 is 0. The van der Waals surface area contributed by atoms with Gasteiger partial charge in [-0.1, -0.05) is 0 Å². The van der Waals surface area contributed by atoms with Gasteiger partial charge in [0.25, 0.3) is 0 Å². The Kier molecular flexibility index (Phi) is 4.44. The van der Waals surface area contributed by atoms with Crippen LogP contribution in [-0.4, -0.2) is 61.9 Å². The van der Waals surface area contributed by atoms with Gasteiger partial charge in [0.1, 0.15) is 12.2 Å². The van der Waals surface area contributed by atoms with Gasteiger partial charge in [0.2, 0.25) is 0 Å². The van der Waals surface area contributed by atoms with Crippen LogP contribution in [0.5, 0.6) is 0 Å². The number of hydrogen-bond acceptors (Lipinski definition) is 6. The SMILES string of the molecule is N[C@@H]1C(O)O[C@H](CCP(=O)(O)O)[C@@H](O)[C@@H]1O. The number of nitrogens with two attached hydrogens (primary N) is 1. The van der Waals surface area contributed by atoms with E-state index in [0.717, 1.165) is 0 Å². The largest absolute Gasteiger partial charge is 0.388 e. The van der Waals surface area contributed by atoms with E-state index in [1.807, 2.05) is 0 Å². The molecule has 0 saturated carbocycles. The second kappa shape index (κ2) is 5.07. The van der Waals surface area contributed by atoms with Crippen molar-refractivity contribution in [1.29, 1.82) is 0 Å². The fraction of sp³-hybridized carbons (Fsp3) is 1.00. The lowest BCUT2D eigenvalue weighted by atomic mass is 9.96. The van der Waals surface area contributed by atoms with Gasteiger partial charge in [-0.05, 0) is 6.42 Å². The van der Waals surface area contributed by atoms with Crippen molar-refractivity contribution in [3.8, 4) is 0 Å². The van der Waals surface area contributed by atoms with Crippen molar-refractivity contribution in [3.63, 3.8) is 0 Å². The van der Waals surface area contributed by atoms with E-state index in [1.165, 1.54) is 0 Å². The Bertz CT molecular complexity index is 282. The summed E-state index contributed by atoms with van der Waals surface area (Å²) in [4.78, 5) is 17.3. The predicted molar refractivity (Wildman–Crippen MR) is 52.4 cm³/mol. The van der Waals surface area contributed by atoms with Crippen LogP contribution in [-0.2, 0) is 9.30 Å². The van der Waals surface area contributed by atoms with Crippen LogP contribution in [0.3, 0.4) is 0 Å². The Morgan fingerprint density at radius 1 is 1.19 bits per heavy atom. The molecule has 0 aromatic heterocycles.